The van der Waals surface area contributed by atoms with Gasteiger partial charge in [-0.1, -0.05) is 17.7 Å². The van der Waals surface area contributed by atoms with Gasteiger partial charge in [-0.15, -0.1) is 5.10 Å². The zero-order chi connectivity index (χ0) is 22.0. The minimum atomic E-state index is -0.349. The van der Waals surface area contributed by atoms with Gasteiger partial charge in [0.1, 0.15) is 11.5 Å². The molecule has 9 heteroatoms. The molecule has 4 rings (SSSR count). The summed E-state index contributed by atoms with van der Waals surface area (Å²) in [5.74, 6) is 1.15. The molecule has 2 aromatic carbocycles. The van der Waals surface area contributed by atoms with Crippen molar-refractivity contribution in [1.82, 2.24) is 14.6 Å². The van der Waals surface area contributed by atoms with Gasteiger partial charge in [-0.3, -0.25) is 4.79 Å². The van der Waals surface area contributed by atoms with E-state index in [-0.39, 0.29) is 5.91 Å². The van der Waals surface area contributed by atoms with Crippen LogP contribution < -0.4 is 19.5 Å². The second-order valence-corrected chi connectivity index (χ2v) is 6.96. The van der Waals surface area contributed by atoms with Crippen molar-refractivity contribution < 1.29 is 19.0 Å². The summed E-state index contributed by atoms with van der Waals surface area (Å²) in [6, 6.07) is 13.8. The fourth-order valence-corrected chi connectivity index (χ4v) is 3.19. The average Bonchev–Trinajstić information content (AvgIpc) is 3.23. The number of hydrogen-bond acceptors (Lipinski definition) is 6. The number of carbonyl (C=O) groups is 1. The van der Waals surface area contributed by atoms with E-state index in [1.54, 1.807) is 54.2 Å². The molecule has 0 radical (unpaired) electrons. The Morgan fingerprint density at radius 1 is 0.968 bits per heavy atom. The molecular weight excluding hydrogens is 420 g/mol. The largest absolute Gasteiger partial charge is 0.497 e. The first kappa shape index (κ1) is 20.5. The van der Waals surface area contributed by atoms with E-state index < -0.39 is 0 Å². The Kier molecular flexibility index (Phi) is 5.64. The van der Waals surface area contributed by atoms with E-state index >= 15 is 0 Å². The predicted molar refractivity (Wildman–Crippen MR) is 117 cm³/mol. The molecule has 0 saturated heterocycles. The number of ether oxygens (including phenoxy) is 3. The van der Waals surface area contributed by atoms with Gasteiger partial charge in [0.2, 0.25) is 5.88 Å². The molecule has 0 atom stereocenters. The summed E-state index contributed by atoms with van der Waals surface area (Å²) in [5.41, 5.74) is 2.94. The van der Waals surface area contributed by atoms with Crippen molar-refractivity contribution in [1.29, 1.82) is 0 Å². The number of amides is 1. The summed E-state index contributed by atoms with van der Waals surface area (Å²) in [7, 11) is 4.60. The van der Waals surface area contributed by atoms with Gasteiger partial charge in [-0.05, 0) is 30.3 Å². The quantitative estimate of drug-likeness (QED) is 0.482. The first-order valence-electron chi connectivity index (χ1n) is 9.25. The highest BCUT2D eigenvalue weighted by atomic mass is 35.5. The molecule has 1 amide bonds. The monoisotopic (exact) mass is 438 g/mol. The minimum Gasteiger partial charge on any atom is -0.497 e. The van der Waals surface area contributed by atoms with E-state index in [0.717, 1.165) is 5.56 Å². The molecule has 0 unspecified atom stereocenters. The number of halogens is 1. The Morgan fingerprint density at radius 3 is 2.39 bits per heavy atom. The third-order valence-electron chi connectivity index (χ3n) is 4.63. The third kappa shape index (κ3) is 4.24. The van der Waals surface area contributed by atoms with Crippen LogP contribution in [0.5, 0.6) is 17.4 Å². The molecule has 31 heavy (non-hydrogen) atoms. The molecule has 8 nitrogen and oxygen atoms in total. The number of benzene rings is 2. The van der Waals surface area contributed by atoms with Gasteiger partial charge in [-0.25, -0.2) is 9.50 Å². The van der Waals surface area contributed by atoms with Crippen LogP contribution in [0.3, 0.4) is 0 Å². The van der Waals surface area contributed by atoms with Gasteiger partial charge in [0, 0.05) is 23.3 Å². The number of nitrogens with one attached hydrogen (secondary N) is 1. The van der Waals surface area contributed by atoms with Crippen LogP contribution in [0.4, 0.5) is 5.69 Å². The highest BCUT2D eigenvalue weighted by Crippen LogP contribution is 2.30. The lowest BCUT2D eigenvalue weighted by molar-refractivity contribution is 0.102. The van der Waals surface area contributed by atoms with Crippen LogP contribution in [0.25, 0.3) is 16.9 Å². The Balaban J connectivity index is 1.65. The van der Waals surface area contributed by atoms with E-state index in [0.29, 0.717) is 45.0 Å². The molecular formula is C22H19ClN4O4. The molecule has 158 valence electrons. The van der Waals surface area contributed by atoms with Gasteiger partial charge in [0.15, 0.2) is 5.65 Å². The Bertz CT molecular complexity index is 1250. The van der Waals surface area contributed by atoms with Crippen molar-refractivity contribution in [2.24, 2.45) is 0 Å². The van der Waals surface area contributed by atoms with E-state index in [2.05, 4.69) is 15.4 Å². The second kappa shape index (κ2) is 8.53. The number of fused-ring (bicyclic) bond motifs is 1. The highest BCUT2D eigenvalue weighted by molar-refractivity contribution is 6.34. The van der Waals surface area contributed by atoms with E-state index in [1.807, 2.05) is 12.1 Å². The molecule has 0 spiro atoms. The van der Waals surface area contributed by atoms with Crippen LogP contribution in [0.1, 0.15) is 10.4 Å². The minimum absolute atomic E-state index is 0.349. The van der Waals surface area contributed by atoms with Crippen LogP contribution in [-0.4, -0.2) is 41.8 Å². The van der Waals surface area contributed by atoms with Crippen LogP contribution in [0.2, 0.25) is 5.02 Å². The maximum atomic E-state index is 12.8. The zero-order valence-corrected chi connectivity index (χ0v) is 17.8. The van der Waals surface area contributed by atoms with Crippen molar-refractivity contribution in [3.8, 4) is 28.6 Å². The lowest BCUT2D eigenvalue weighted by Gasteiger charge is -2.11. The molecule has 1 N–H and O–H groups in total. The number of hydrogen-bond donors (Lipinski definition) is 1. The number of carbonyl (C=O) groups excluding carboxylic acids is 1. The lowest BCUT2D eigenvalue weighted by Crippen LogP contribution is -2.12. The summed E-state index contributed by atoms with van der Waals surface area (Å²) in [5, 5.41) is 7.55. The molecule has 4 aromatic rings. The molecule has 0 aliphatic carbocycles. The van der Waals surface area contributed by atoms with Crippen LogP contribution in [0.15, 0.2) is 54.7 Å². The molecule has 0 saturated carbocycles. The predicted octanol–water partition coefficient (Wildman–Crippen LogP) is 4.33. The average molecular weight is 439 g/mol. The van der Waals surface area contributed by atoms with Gasteiger partial charge in [-0.2, -0.15) is 0 Å². The summed E-state index contributed by atoms with van der Waals surface area (Å²) >= 11 is 6.33. The van der Waals surface area contributed by atoms with Gasteiger partial charge in [0.25, 0.3) is 5.91 Å². The van der Waals surface area contributed by atoms with E-state index in [1.165, 1.54) is 14.2 Å². The van der Waals surface area contributed by atoms with Crippen LogP contribution in [-0.2, 0) is 0 Å². The fraction of sp³-hybridized carbons (Fsp3) is 0.136. The summed E-state index contributed by atoms with van der Waals surface area (Å²) in [4.78, 5) is 17.4. The Morgan fingerprint density at radius 2 is 1.71 bits per heavy atom. The highest BCUT2D eigenvalue weighted by Gasteiger charge is 2.14. The van der Waals surface area contributed by atoms with E-state index in [9.17, 15) is 4.79 Å². The topological polar surface area (TPSA) is 87.0 Å². The smallest absolute Gasteiger partial charge is 0.255 e. The molecule has 0 aliphatic heterocycles. The summed E-state index contributed by atoms with van der Waals surface area (Å²) in [6.07, 6.45) is 1.78. The van der Waals surface area contributed by atoms with Crippen molar-refractivity contribution in [2.45, 2.75) is 0 Å². The lowest BCUT2D eigenvalue weighted by atomic mass is 10.1. The zero-order valence-electron chi connectivity index (χ0n) is 17.0. The third-order valence-corrected chi connectivity index (χ3v) is 4.96. The summed E-state index contributed by atoms with van der Waals surface area (Å²) in [6.45, 7) is 0. The SMILES string of the molecule is COc1cc(OC)cc(C(=O)Nc2cc(-c3cn4nc(OC)ccc4n3)ccc2Cl)c1. The second-order valence-electron chi connectivity index (χ2n) is 6.55. The van der Waals surface area contributed by atoms with E-state index in [4.69, 9.17) is 25.8 Å². The first-order valence-corrected chi connectivity index (χ1v) is 9.63. The van der Waals surface area contributed by atoms with Crippen molar-refractivity contribution in [2.75, 3.05) is 26.6 Å². The number of rotatable bonds is 6. The number of nitrogens with zero attached hydrogens (tertiary/aromatic N) is 3. The molecule has 2 heterocycles. The normalized spacial score (nSPS) is 10.7. The first-order chi connectivity index (χ1) is 15.0. The number of imidazole rings is 1. The van der Waals surface area contributed by atoms with Gasteiger partial charge >= 0.3 is 0 Å². The van der Waals surface area contributed by atoms with Crippen molar-refractivity contribution >= 4 is 28.8 Å². The summed E-state index contributed by atoms with van der Waals surface area (Å²) < 4.78 is 17.2. The van der Waals surface area contributed by atoms with Crippen molar-refractivity contribution in [3.05, 3.63) is 65.3 Å². The van der Waals surface area contributed by atoms with Gasteiger partial charge < -0.3 is 19.5 Å². The molecule has 0 fully saturated rings. The Hall–Kier alpha value is -3.78. The Labute approximate surface area is 183 Å². The molecule has 2 aromatic heterocycles. The van der Waals surface area contributed by atoms with Crippen molar-refractivity contribution in [3.63, 3.8) is 0 Å². The van der Waals surface area contributed by atoms with Gasteiger partial charge in [0.05, 0.1) is 43.9 Å². The maximum Gasteiger partial charge on any atom is 0.255 e. The fourth-order valence-electron chi connectivity index (χ4n) is 3.03. The molecule has 0 aliphatic rings. The van der Waals surface area contributed by atoms with Crippen LogP contribution in [0, 0.1) is 0 Å². The number of methoxy groups -OCH3 is 3. The molecule has 0 bridgehead atoms. The van der Waals surface area contributed by atoms with Crippen LogP contribution >= 0.6 is 11.6 Å². The standard InChI is InChI=1S/C22H19ClN4O4/c1-29-15-8-14(9-16(11-15)30-2)22(28)25-18-10-13(4-5-17(18)23)19-12-27-20(24-19)6-7-21(26-27)31-3/h4-12H,1-3H3,(H,25,28). The number of aromatic nitrogens is 3. The number of anilines is 1. The maximum absolute atomic E-state index is 12.8.